The maximum Gasteiger partial charge on any atom is 0.293 e. The van der Waals surface area contributed by atoms with Crippen LogP contribution in [0.2, 0.25) is 5.02 Å². The molecule has 0 saturated carbocycles. The zero-order chi connectivity index (χ0) is 19.6. The number of non-ortho nitro benzene ring substituents is 1. The van der Waals surface area contributed by atoms with Gasteiger partial charge in [0.25, 0.3) is 16.8 Å². The predicted octanol–water partition coefficient (Wildman–Crippen LogP) is 4.49. The Hall–Kier alpha value is -2.84. The molecule has 2 aromatic rings. The van der Waals surface area contributed by atoms with Gasteiger partial charge in [-0.15, -0.1) is 0 Å². The van der Waals surface area contributed by atoms with Crippen LogP contribution in [0.25, 0.3) is 6.08 Å². The molecule has 0 aromatic heterocycles. The van der Waals surface area contributed by atoms with E-state index in [0.717, 1.165) is 16.7 Å². The number of hydrogen-bond donors (Lipinski definition) is 0. The van der Waals surface area contributed by atoms with Gasteiger partial charge in [-0.1, -0.05) is 23.7 Å². The summed E-state index contributed by atoms with van der Waals surface area (Å²) < 4.78 is 5.24. The van der Waals surface area contributed by atoms with E-state index in [-0.39, 0.29) is 17.1 Å². The Morgan fingerprint density at radius 3 is 2.74 bits per heavy atom. The first-order chi connectivity index (χ1) is 12.9. The first kappa shape index (κ1) is 18.9. The first-order valence-electron chi connectivity index (χ1n) is 7.71. The molecule has 9 heteroatoms. The fourth-order valence-corrected chi connectivity index (χ4v) is 3.56. The predicted molar refractivity (Wildman–Crippen MR) is 103 cm³/mol. The summed E-state index contributed by atoms with van der Waals surface area (Å²) in [5.74, 6) is 0.0448. The summed E-state index contributed by atoms with van der Waals surface area (Å²) in [4.78, 5) is 36.5. The third-order valence-corrected chi connectivity index (χ3v) is 4.96. The minimum absolute atomic E-state index is 0.0453. The Morgan fingerprint density at radius 1 is 1.26 bits per heavy atom. The Kier molecular flexibility index (Phi) is 5.48. The second-order valence-electron chi connectivity index (χ2n) is 5.58. The molecular formula is C18H13ClN2O5S. The van der Waals surface area contributed by atoms with Crippen molar-refractivity contribution in [3.8, 4) is 5.75 Å². The van der Waals surface area contributed by atoms with Crippen LogP contribution >= 0.6 is 23.4 Å². The molecule has 0 aliphatic carbocycles. The second kappa shape index (κ2) is 7.81. The molecule has 1 heterocycles. The SMILES string of the molecule is COc1ccc(Cl)cc1C=C1SC(=O)N(Cc2cccc([N+](=O)[O-])c2)C1=O. The fraction of sp³-hybridized carbons (Fsp3) is 0.111. The number of nitro groups is 1. The number of carbonyl (C=O) groups is 2. The fourth-order valence-electron chi connectivity index (χ4n) is 2.55. The average molecular weight is 405 g/mol. The number of nitrogens with zero attached hydrogens (tertiary/aromatic N) is 2. The smallest absolute Gasteiger partial charge is 0.293 e. The van der Waals surface area contributed by atoms with Gasteiger partial charge in [-0.05, 0) is 41.6 Å². The number of nitro benzene ring substituents is 1. The standard InChI is InChI=1S/C18H13ClN2O5S/c1-26-15-6-5-13(19)8-12(15)9-16-17(22)20(18(23)27-16)10-11-3-2-4-14(7-11)21(24)25/h2-9H,10H2,1H3. The molecule has 2 amide bonds. The van der Waals surface area contributed by atoms with Crippen molar-refractivity contribution in [3.63, 3.8) is 0 Å². The molecule has 1 aliphatic heterocycles. The van der Waals surface area contributed by atoms with Crippen molar-refractivity contribution < 1.29 is 19.2 Å². The molecular weight excluding hydrogens is 392 g/mol. The van der Waals surface area contributed by atoms with Crippen LogP contribution in [0.5, 0.6) is 5.75 Å². The van der Waals surface area contributed by atoms with E-state index in [1.54, 1.807) is 30.3 Å². The summed E-state index contributed by atoms with van der Waals surface area (Å²) in [5.41, 5.74) is 0.970. The Bertz CT molecular complexity index is 976. The number of rotatable bonds is 5. The van der Waals surface area contributed by atoms with Gasteiger partial charge in [0.2, 0.25) is 0 Å². The van der Waals surface area contributed by atoms with E-state index in [4.69, 9.17) is 16.3 Å². The number of methoxy groups -OCH3 is 1. The van der Waals surface area contributed by atoms with Crippen LogP contribution in [0.1, 0.15) is 11.1 Å². The topological polar surface area (TPSA) is 89.8 Å². The molecule has 0 radical (unpaired) electrons. The first-order valence-corrected chi connectivity index (χ1v) is 8.90. The number of thioether (sulfide) groups is 1. The molecule has 1 aliphatic rings. The third-order valence-electron chi connectivity index (χ3n) is 3.81. The number of ether oxygens (including phenoxy) is 1. The number of carbonyl (C=O) groups excluding carboxylic acids is 2. The van der Waals surface area contributed by atoms with E-state index in [2.05, 4.69) is 0 Å². The zero-order valence-corrected chi connectivity index (χ0v) is 15.6. The third kappa shape index (κ3) is 4.12. The highest BCUT2D eigenvalue weighted by atomic mass is 35.5. The molecule has 2 aromatic carbocycles. The number of hydrogen-bond acceptors (Lipinski definition) is 6. The molecule has 27 heavy (non-hydrogen) atoms. The lowest BCUT2D eigenvalue weighted by Crippen LogP contribution is -2.27. The normalized spacial score (nSPS) is 15.5. The van der Waals surface area contributed by atoms with Gasteiger partial charge in [-0.25, -0.2) is 0 Å². The van der Waals surface area contributed by atoms with Crippen molar-refractivity contribution in [2.45, 2.75) is 6.54 Å². The van der Waals surface area contributed by atoms with Crippen molar-refractivity contribution in [3.05, 3.63) is 73.6 Å². The van der Waals surface area contributed by atoms with Crippen molar-refractivity contribution in [2.75, 3.05) is 7.11 Å². The number of halogens is 1. The number of imide groups is 1. The van der Waals surface area contributed by atoms with Gasteiger partial charge in [0.1, 0.15) is 5.75 Å². The summed E-state index contributed by atoms with van der Waals surface area (Å²) in [6, 6.07) is 10.8. The molecule has 0 unspecified atom stereocenters. The lowest BCUT2D eigenvalue weighted by Gasteiger charge is -2.12. The van der Waals surface area contributed by atoms with Crippen LogP contribution in [-0.4, -0.2) is 28.1 Å². The Labute approximate surface area is 163 Å². The average Bonchev–Trinajstić information content (AvgIpc) is 2.89. The maximum atomic E-state index is 12.6. The van der Waals surface area contributed by atoms with Gasteiger partial charge in [0.05, 0.1) is 23.5 Å². The molecule has 0 spiro atoms. The molecule has 3 rings (SSSR count). The minimum Gasteiger partial charge on any atom is -0.496 e. The van der Waals surface area contributed by atoms with E-state index >= 15 is 0 Å². The summed E-state index contributed by atoms with van der Waals surface area (Å²) in [5, 5.41) is 10.9. The van der Waals surface area contributed by atoms with Crippen LogP contribution in [0.3, 0.4) is 0 Å². The quantitative estimate of drug-likeness (QED) is 0.414. The highest BCUT2D eigenvalue weighted by Gasteiger charge is 2.35. The zero-order valence-electron chi connectivity index (χ0n) is 14.0. The molecule has 138 valence electrons. The van der Waals surface area contributed by atoms with Gasteiger partial charge in [-0.3, -0.25) is 24.6 Å². The van der Waals surface area contributed by atoms with E-state index < -0.39 is 16.1 Å². The molecule has 1 fully saturated rings. The molecule has 7 nitrogen and oxygen atoms in total. The van der Waals surface area contributed by atoms with E-state index in [1.807, 2.05) is 0 Å². The van der Waals surface area contributed by atoms with Crippen LogP contribution in [0.4, 0.5) is 10.5 Å². The highest BCUT2D eigenvalue weighted by Crippen LogP contribution is 2.35. The van der Waals surface area contributed by atoms with E-state index in [0.29, 0.717) is 21.9 Å². The lowest BCUT2D eigenvalue weighted by molar-refractivity contribution is -0.384. The summed E-state index contributed by atoms with van der Waals surface area (Å²) in [6.07, 6.45) is 1.54. The summed E-state index contributed by atoms with van der Waals surface area (Å²) in [7, 11) is 1.49. The van der Waals surface area contributed by atoms with E-state index in [1.165, 1.54) is 25.3 Å². The molecule has 0 atom stereocenters. The van der Waals surface area contributed by atoms with Crippen LogP contribution < -0.4 is 4.74 Å². The minimum atomic E-state index is -0.525. The van der Waals surface area contributed by atoms with Gasteiger partial charge in [-0.2, -0.15) is 0 Å². The van der Waals surface area contributed by atoms with Gasteiger partial charge < -0.3 is 4.74 Å². The molecule has 0 N–H and O–H groups in total. The highest BCUT2D eigenvalue weighted by molar-refractivity contribution is 8.18. The summed E-state index contributed by atoms with van der Waals surface area (Å²) in [6.45, 7) is -0.0453. The maximum absolute atomic E-state index is 12.6. The Balaban J connectivity index is 1.86. The number of amides is 2. The Morgan fingerprint density at radius 2 is 2.04 bits per heavy atom. The van der Waals surface area contributed by atoms with Crippen LogP contribution in [-0.2, 0) is 11.3 Å². The van der Waals surface area contributed by atoms with Gasteiger partial charge in [0.15, 0.2) is 0 Å². The van der Waals surface area contributed by atoms with Crippen molar-refractivity contribution >= 4 is 46.3 Å². The van der Waals surface area contributed by atoms with Crippen LogP contribution in [0.15, 0.2) is 47.4 Å². The van der Waals surface area contributed by atoms with E-state index in [9.17, 15) is 19.7 Å². The van der Waals surface area contributed by atoms with Crippen LogP contribution in [0, 0.1) is 10.1 Å². The van der Waals surface area contributed by atoms with Crippen molar-refractivity contribution in [1.82, 2.24) is 4.90 Å². The molecule has 1 saturated heterocycles. The number of benzene rings is 2. The van der Waals surface area contributed by atoms with Crippen molar-refractivity contribution in [2.24, 2.45) is 0 Å². The largest absolute Gasteiger partial charge is 0.496 e. The van der Waals surface area contributed by atoms with Crippen molar-refractivity contribution in [1.29, 1.82) is 0 Å². The summed E-state index contributed by atoms with van der Waals surface area (Å²) >= 11 is 6.79. The second-order valence-corrected chi connectivity index (χ2v) is 7.01. The lowest BCUT2D eigenvalue weighted by atomic mass is 10.1. The van der Waals surface area contributed by atoms with Gasteiger partial charge in [0, 0.05) is 22.7 Å². The van der Waals surface area contributed by atoms with Gasteiger partial charge >= 0.3 is 0 Å². The monoisotopic (exact) mass is 404 g/mol. The molecule has 0 bridgehead atoms.